The summed E-state index contributed by atoms with van der Waals surface area (Å²) in [6, 6.07) is 4.06. The third-order valence-corrected chi connectivity index (χ3v) is 3.13. The summed E-state index contributed by atoms with van der Waals surface area (Å²) in [6.07, 6.45) is 3.24. The standard InChI is InChI=1S/C12H16FN3O2/c13-9-3-4-11(12(8-9)16(17)18)15-7-5-10-2-1-6-14-10/h3-4,8,10,14-15H,1-2,5-7H2/t10-/m1/s1. The van der Waals surface area contributed by atoms with E-state index in [1.165, 1.54) is 18.6 Å². The highest BCUT2D eigenvalue weighted by molar-refractivity contribution is 5.61. The molecular weight excluding hydrogens is 237 g/mol. The number of anilines is 1. The predicted octanol–water partition coefficient (Wildman–Crippen LogP) is 2.29. The van der Waals surface area contributed by atoms with Crippen LogP contribution in [0, 0.1) is 15.9 Å². The zero-order chi connectivity index (χ0) is 13.0. The zero-order valence-electron chi connectivity index (χ0n) is 9.99. The minimum absolute atomic E-state index is 0.214. The van der Waals surface area contributed by atoms with Crippen molar-refractivity contribution < 1.29 is 9.31 Å². The van der Waals surface area contributed by atoms with Crippen molar-refractivity contribution in [3.63, 3.8) is 0 Å². The lowest BCUT2D eigenvalue weighted by atomic mass is 10.1. The first-order valence-electron chi connectivity index (χ1n) is 6.08. The molecule has 5 nitrogen and oxygen atoms in total. The molecule has 18 heavy (non-hydrogen) atoms. The Morgan fingerprint density at radius 2 is 2.39 bits per heavy atom. The quantitative estimate of drug-likeness (QED) is 0.624. The lowest BCUT2D eigenvalue weighted by Crippen LogP contribution is -2.24. The fourth-order valence-electron chi connectivity index (χ4n) is 2.19. The first-order valence-corrected chi connectivity index (χ1v) is 6.08. The summed E-state index contributed by atoms with van der Waals surface area (Å²) in [4.78, 5) is 10.2. The van der Waals surface area contributed by atoms with Crippen LogP contribution in [-0.4, -0.2) is 24.1 Å². The maximum Gasteiger partial charge on any atom is 0.295 e. The molecule has 1 heterocycles. The number of benzene rings is 1. The summed E-state index contributed by atoms with van der Waals surface area (Å²) >= 11 is 0. The molecule has 98 valence electrons. The molecule has 1 aromatic carbocycles. The van der Waals surface area contributed by atoms with Crippen molar-refractivity contribution in [2.45, 2.75) is 25.3 Å². The van der Waals surface area contributed by atoms with Crippen LogP contribution in [-0.2, 0) is 0 Å². The third-order valence-electron chi connectivity index (χ3n) is 3.13. The second-order valence-electron chi connectivity index (χ2n) is 4.43. The van der Waals surface area contributed by atoms with E-state index in [9.17, 15) is 14.5 Å². The molecule has 1 aliphatic heterocycles. The van der Waals surface area contributed by atoms with Crippen LogP contribution < -0.4 is 10.6 Å². The van der Waals surface area contributed by atoms with Crippen molar-refractivity contribution in [3.05, 3.63) is 34.1 Å². The summed E-state index contributed by atoms with van der Waals surface area (Å²) in [5.74, 6) is -0.593. The Morgan fingerprint density at radius 3 is 3.06 bits per heavy atom. The maximum absolute atomic E-state index is 12.9. The average Bonchev–Trinajstić information content (AvgIpc) is 2.84. The van der Waals surface area contributed by atoms with Gasteiger partial charge in [0.15, 0.2) is 0 Å². The van der Waals surface area contributed by atoms with Crippen LogP contribution >= 0.6 is 0 Å². The van der Waals surface area contributed by atoms with E-state index >= 15 is 0 Å². The van der Waals surface area contributed by atoms with Gasteiger partial charge < -0.3 is 10.6 Å². The van der Waals surface area contributed by atoms with E-state index in [0.29, 0.717) is 18.3 Å². The molecule has 2 rings (SSSR count). The van der Waals surface area contributed by atoms with Crippen LogP contribution in [0.5, 0.6) is 0 Å². The lowest BCUT2D eigenvalue weighted by molar-refractivity contribution is -0.384. The number of hydrogen-bond donors (Lipinski definition) is 2. The molecule has 0 bridgehead atoms. The number of nitrogens with zero attached hydrogens (tertiary/aromatic N) is 1. The highest BCUT2D eigenvalue weighted by Gasteiger charge is 2.16. The molecule has 1 atom stereocenters. The van der Waals surface area contributed by atoms with Crippen molar-refractivity contribution >= 4 is 11.4 Å². The molecule has 0 radical (unpaired) electrons. The highest BCUT2D eigenvalue weighted by Crippen LogP contribution is 2.25. The molecule has 0 saturated carbocycles. The molecule has 1 aromatic rings. The average molecular weight is 253 g/mol. The monoisotopic (exact) mass is 253 g/mol. The van der Waals surface area contributed by atoms with Gasteiger partial charge in [-0.05, 0) is 37.9 Å². The van der Waals surface area contributed by atoms with Gasteiger partial charge in [-0.15, -0.1) is 0 Å². The summed E-state index contributed by atoms with van der Waals surface area (Å²) in [7, 11) is 0. The minimum atomic E-state index is -0.593. The predicted molar refractivity (Wildman–Crippen MR) is 67.2 cm³/mol. The molecule has 0 amide bonds. The fraction of sp³-hybridized carbons (Fsp3) is 0.500. The van der Waals surface area contributed by atoms with Crippen LogP contribution in [0.15, 0.2) is 18.2 Å². The summed E-state index contributed by atoms with van der Waals surface area (Å²) in [5, 5.41) is 17.1. The smallest absolute Gasteiger partial charge is 0.295 e. The maximum atomic E-state index is 12.9. The van der Waals surface area contributed by atoms with Crippen molar-refractivity contribution in [3.8, 4) is 0 Å². The number of nitro groups is 1. The van der Waals surface area contributed by atoms with E-state index in [-0.39, 0.29) is 5.69 Å². The van der Waals surface area contributed by atoms with Crippen LogP contribution in [0.3, 0.4) is 0 Å². The molecule has 0 spiro atoms. The van der Waals surface area contributed by atoms with E-state index in [1.807, 2.05) is 0 Å². The SMILES string of the molecule is O=[N+]([O-])c1cc(F)ccc1NCC[C@H]1CCCN1. The molecule has 0 aromatic heterocycles. The summed E-state index contributed by atoms with van der Waals surface area (Å²) in [6.45, 7) is 1.69. The van der Waals surface area contributed by atoms with Gasteiger partial charge in [0.05, 0.1) is 11.0 Å². The first kappa shape index (κ1) is 12.8. The molecular formula is C12H16FN3O2. The van der Waals surface area contributed by atoms with Gasteiger partial charge in [-0.1, -0.05) is 0 Å². The van der Waals surface area contributed by atoms with Crippen LogP contribution in [0.1, 0.15) is 19.3 Å². The number of hydrogen-bond acceptors (Lipinski definition) is 4. The Kier molecular flexibility index (Phi) is 4.09. The van der Waals surface area contributed by atoms with Gasteiger partial charge in [0.25, 0.3) is 5.69 Å². The Hall–Kier alpha value is -1.69. The van der Waals surface area contributed by atoms with Crippen LogP contribution in [0.2, 0.25) is 0 Å². The van der Waals surface area contributed by atoms with Crippen molar-refractivity contribution in [1.29, 1.82) is 0 Å². The normalized spacial score (nSPS) is 18.8. The highest BCUT2D eigenvalue weighted by atomic mass is 19.1. The second kappa shape index (κ2) is 5.77. The molecule has 0 aliphatic carbocycles. The zero-order valence-corrected chi connectivity index (χ0v) is 9.99. The molecule has 2 N–H and O–H groups in total. The van der Waals surface area contributed by atoms with E-state index in [1.54, 1.807) is 0 Å². The van der Waals surface area contributed by atoms with Crippen molar-refractivity contribution in [2.75, 3.05) is 18.4 Å². The van der Waals surface area contributed by atoms with Crippen molar-refractivity contribution in [1.82, 2.24) is 5.32 Å². The molecule has 1 saturated heterocycles. The fourth-order valence-corrected chi connectivity index (χ4v) is 2.19. The van der Waals surface area contributed by atoms with Crippen molar-refractivity contribution in [2.24, 2.45) is 0 Å². The number of nitrogens with one attached hydrogen (secondary N) is 2. The number of nitro benzene ring substituents is 1. The Morgan fingerprint density at radius 1 is 1.56 bits per heavy atom. The van der Waals surface area contributed by atoms with Gasteiger partial charge in [0.2, 0.25) is 0 Å². The molecule has 6 heteroatoms. The van der Waals surface area contributed by atoms with Gasteiger partial charge in [-0.2, -0.15) is 0 Å². The minimum Gasteiger partial charge on any atom is -0.379 e. The van der Waals surface area contributed by atoms with E-state index < -0.39 is 10.7 Å². The molecule has 1 aliphatic rings. The Labute approximate surface area is 105 Å². The Bertz CT molecular complexity index is 433. The molecule has 1 fully saturated rings. The van der Waals surface area contributed by atoms with Gasteiger partial charge in [-0.3, -0.25) is 10.1 Å². The van der Waals surface area contributed by atoms with Gasteiger partial charge in [0, 0.05) is 12.6 Å². The Balaban J connectivity index is 1.93. The third kappa shape index (κ3) is 3.16. The largest absolute Gasteiger partial charge is 0.379 e. The number of rotatable bonds is 5. The topological polar surface area (TPSA) is 67.2 Å². The van der Waals surface area contributed by atoms with E-state index in [4.69, 9.17) is 0 Å². The summed E-state index contributed by atoms with van der Waals surface area (Å²) < 4.78 is 12.9. The summed E-state index contributed by atoms with van der Waals surface area (Å²) in [5.41, 5.74) is 0.161. The van der Waals surface area contributed by atoms with Gasteiger partial charge in [-0.25, -0.2) is 4.39 Å². The van der Waals surface area contributed by atoms with Crippen LogP contribution in [0.25, 0.3) is 0 Å². The van der Waals surface area contributed by atoms with Crippen LogP contribution in [0.4, 0.5) is 15.8 Å². The van der Waals surface area contributed by atoms with E-state index in [0.717, 1.165) is 25.5 Å². The molecule has 0 unspecified atom stereocenters. The lowest BCUT2D eigenvalue weighted by Gasteiger charge is -2.11. The van der Waals surface area contributed by atoms with E-state index in [2.05, 4.69) is 10.6 Å². The second-order valence-corrected chi connectivity index (χ2v) is 4.43. The first-order chi connectivity index (χ1) is 8.66. The number of halogens is 1. The van der Waals surface area contributed by atoms with Gasteiger partial charge >= 0.3 is 0 Å². The van der Waals surface area contributed by atoms with Gasteiger partial charge in [0.1, 0.15) is 11.5 Å².